The van der Waals surface area contributed by atoms with Gasteiger partial charge in [-0.3, -0.25) is 0 Å². The molecule has 0 bridgehead atoms. The van der Waals surface area contributed by atoms with Crippen molar-refractivity contribution in [3.8, 4) is 0 Å². The van der Waals surface area contributed by atoms with Gasteiger partial charge in [-0.15, -0.1) is 0 Å². The van der Waals surface area contributed by atoms with E-state index in [0.717, 1.165) is 0 Å². The van der Waals surface area contributed by atoms with Gasteiger partial charge in [0.25, 0.3) is 0 Å². The maximum atomic E-state index is 3.76. The van der Waals surface area contributed by atoms with Crippen molar-refractivity contribution in [3.63, 3.8) is 0 Å². The Morgan fingerprint density at radius 3 is 2.62 bits per heavy atom. The molecule has 0 aromatic heterocycles. The Labute approximate surface area is 130 Å². The molecular formula is C19H32N2. The summed E-state index contributed by atoms with van der Waals surface area (Å²) in [5, 5.41) is 3.76. The van der Waals surface area contributed by atoms with E-state index < -0.39 is 0 Å². The maximum Gasteiger partial charge on any atom is 0.00790 e. The van der Waals surface area contributed by atoms with E-state index in [1.807, 2.05) is 0 Å². The highest BCUT2D eigenvalue weighted by Crippen LogP contribution is 2.15. The number of hydrogen-bond acceptors (Lipinski definition) is 2. The molecule has 1 aromatic carbocycles. The Morgan fingerprint density at radius 2 is 1.90 bits per heavy atom. The second-order valence-corrected chi connectivity index (χ2v) is 6.66. The molecule has 1 saturated heterocycles. The average Bonchev–Trinajstić information content (AvgIpc) is 2.50. The average molecular weight is 288 g/mol. The SMILES string of the molecule is CCC1CCN(C(C)CCc2ccccc2)CCC(C)N1. The number of nitrogens with one attached hydrogen (secondary N) is 1. The zero-order valence-electron chi connectivity index (χ0n) is 14.0. The summed E-state index contributed by atoms with van der Waals surface area (Å²) >= 11 is 0. The maximum absolute atomic E-state index is 3.76. The van der Waals surface area contributed by atoms with Gasteiger partial charge in [-0.1, -0.05) is 37.3 Å². The van der Waals surface area contributed by atoms with E-state index in [4.69, 9.17) is 0 Å². The van der Waals surface area contributed by atoms with E-state index >= 15 is 0 Å². The molecule has 0 aliphatic carbocycles. The number of benzene rings is 1. The zero-order valence-corrected chi connectivity index (χ0v) is 14.0. The Bertz CT molecular complexity index is 390. The standard InChI is InChI=1S/C19H32N2/c1-4-19-13-15-21(14-12-16(2)20-19)17(3)10-11-18-8-6-5-7-9-18/h5-9,16-17,19-20H,4,10-15H2,1-3H3. The molecule has 1 fully saturated rings. The van der Waals surface area contributed by atoms with Gasteiger partial charge < -0.3 is 10.2 Å². The third kappa shape index (κ3) is 5.44. The highest BCUT2D eigenvalue weighted by molar-refractivity contribution is 5.14. The summed E-state index contributed by atoms with van der Waals surface area (Å²) in [6.07, 6.45) is 6.27. The molecular weight excluding hydrogens is 256 g/mol. The molecule has 1 heterocycles. The molecule has 1 N–H and O–H groups in total. The molecule has 0 saturated carbocycles. The van der Waals surface area contributed by atoms with Gasteiger partial charge in [-0.2, -0.15) is 0 Å². The summed E-state index contributed by atoms with van der Waals surface area (Å²) in [6.45, 7) is 9.52. The minimum Gasteiger partial charge on any atom is -0.311 e. The lowest BCUT2D eigenvalue weighted by Gasteiger charge is -2.35. The topological polar surface area (TPSA) is 15.3 Å². The van der Waals surface area contributed by atoms with Crippen molar-refractivity contribution >= 4 is 0 Å². The Balaban J connectivity index is 1.83. The van der Waals surface area contributed by atoms with Gasteiger partial charge >= 0.3 is 0 Å². The number of rotatable bonds is 5. The van der Waals surface area contributed by atoms with Crippen LogP contribution in [0.25, 0.3) is 0 Å². The van der Waals surface area contributed by atoms with Crippen LogP contribution in [0.3, 0.4) is 0 Å². The highest BCUT2D eigenvalue weighted by Gasteiger charge is 2.20. The van der Waals surface area contributed by atoms with Crippen LogP contribution in [0.1, 0.15) is 52.0 Å². The van der Waals surface area contributed by atoms with E-state index in [9.17, 15) is 0 Å². The highest BCUT2D eigenvalue weighted by atomic mass is 15.2. The molecule has 1 aliphatic rings. The lowest BCUT2D eigenvalue weighted by molar-refractivity contribution is 0.161. The van der Waals surface area contributed by atoms with Crippen molar-refractivity contribution in [2.75, 3.05) is 13.1 Å². The number of hydrogen-bond donors (Lipinski definition) is 1. The molecule has 0 spiro atoms. The van der Waals surface area contributed by atoms with Gasteiger partial charge in [0.1, 0.15) is 0 Å². The lowest BCUT2D eigenvalue weighted by Crippen LogP contribution is -2.46. The van der Waals surface area contributed by atoms with Crippen LogP contribution in [0.5, 0.6) is 0 Å². The largest absolute Gasteiger partial charge is 0.311 e. The van der Waals surface area contributed by atoms with Crippen LogP contribution in [0, 0.1) is 0 Å². The van der Waals surface area contributed by atoms with Crippen LogP contribution in [-0.2, 0) is 6.42 Å². The van der Waals surface area contributed by atoms with Gasteiger partial charge in [0.05, 0.1) is 0 Å². The zero-order chi connectivity index (χ0) is 15.1. The number of aryl methyl sites for hydroxylation is 1. The Hall–Kier alpha value is -0.860. The van der Waals surface area contributed by atoms with E-state index in [1.165, 1.54) is 50.8 Å². The summed E-state index contributed by atoms with van der Waals surface area (Å²) in [7, 11) is 0. The molecule has 2 heteroatoms. The van der Waals surface area contributed by atoms with Crippen molar-refractivity contribution in [1.29, 1.82) is 0 Å². The first-order valence-corrected chi connectivity index (χ1v) is 8.73. The van der Waals surface area contributed by atoms with Crippen LogP contribution >= 0.6 is 0 Å². The Morgan fingerprint density at radius 1 is 1.19 bits per heavy atom. The predicted octanol–water partition coefficient (Wildman–Crippen LogP) is 3.86. The first-order valence-electron chi connectivity index (χ1n) is 8.73. The molecule has 1 aliphatic heterocycles. The van der Waals surface area contributed by atoms with Gasteiger partial charge in [-0.05, 0) is 64.6 Å². The third-order valence-corrected chi connectivity index (χ3v) is 4.94. The summed E-state index contributed by atoms with van der Waals surface area (Å²) in [4.78, 5) is 2.71. The molecule has 3 atom stereocenters. The fraction of sp³-hybridized carbons (Fsp3) is 0.684. The van der Waals surface area contributed by atoms with Gasteiger partial charge in [0, 0.05) is 18.1 Å². The predicted molar refractivity (Wildman–Crippen MR) is 91.7 cm³/mol. The van der Waals surface area contributed by atoms with Crippen LogP contribution < -0.4 is 5.32 Å². The second kappa shape index (κ2) is 8.55. The molecule has 2 rings (SSSR count). The van der Waals surface area contributed by atoms with Crippen molar-refractivity contribution < 1.29 is 0 Å². The van der Waals surface area contributed by atoms with Crippen molar-refractivity contribution in [2.24, 2.45) is 0 Å². The lowest BCUT2D eigenvalue weighted by atomic mass is 10.0. The fourth-order valence-corrected chi connectivity index (χ4v) is 3.33. The summed E-state index contributed by atoms with van der Waals surface area (Å²) in [6, 6.07) is 12.9. The first kappa shape index (κ1) is 16.5. The number of nitrogens with zero attached hydrogens (tertiary/aromatic N) is 1. The van der Waals surface area contributed by atoms with E-state index in [-0.39, 0.29) is 0 Å². The van der Waals surface area contributed by atoms with Gasteiger partial charge in [0.2, 0.25) is 0 Å². The molecule has 21 heavy (non-hydrogen) atoms. The molecule has 0 radical (unpaired) electrons. The third-order valence-electron chi connectivity index (χ3n) is 4.94. The van der Waals surface area contributed by atoms with E-state index in [0.29, 0.717) is 18.1 Å². The van der Waals surface area contributed by atoms with Crippen LogP contribution in [0.4, 0.5) is 0 Å². The molecule has 0 amide bonds. The van der Waals surface area contributed by atoms with Crippen molar-refractivity contribution in [3.05, 3.63) is 35.9 Å². The summed E-state index contributed by atoms with van der Waals surface area (Å²) in [5.74, 6) is 0. The van der Waals surface area contributed by atoms with Crippen LogP contribution in [0.2, 0.25) is 0 Å². The monoisotopic (exact) mass is 288 g/mol. The fourth-order valence-electron chi connectivity index (χ4n) is 3.33. The van der Waals surface area contributed by atoms with Crippen molar-refractivity contribution in [2.45, 2.75) is 71.0 Å². The smallest absolute Gasteiger partial charge is 0.00790 e. The van der Waals surface area contributed by atoms with Gasteiger partial charge in [0.15, 0.2) is 0 Å². The van der Waals surface area contributed by atoms with Crippen LogP contribution in [0.15, 0.2) is 30.3 Å². The van der Waals surface area contributed by atoms with Crippen molar-refractivity contribution in [1.82, 2.24) is 10.2 Å². The minimum absolute atomic E-state index is 0.652. The normalized spacial score (nSPS) is 26.0. The molecule has 2 nitrogen and oxygen atoms in total. The molecule has 1 aromatic rings. The minimum atomic E-state index is 0.652. The van der Waals surface area contributed by atoms with E-state index in [2.05, 4.69) is 61.3 Å². The summed E-state index contributed by atoms with van der Waals surface area (Å²) in [5.41, 5.74) is 1.47. The summed E-state index contributed by atoms with van der Waals surface area (Å²) < 4.78 is 0. The quantitative estimate of drug-likeness (QED) is 0.885. The van der Waals surface area contributed by atoms with Crippen LogP contribution in [-0.4, -0.2) is 36.1 Å². The second-order valence-electron chi connectivity index (χ2n) is 6.66. The Kier molecular flexibility index (Phi) is 6.72. The first-order chi connectivity index (χ1) is 10.2. The van der Waals surface area contributed by atoms with E-state index in [1.54, 1.807) is 0 Å². The molecule has 118 valence electrons. The van der Waals surface area contributed by atoms with Gasteiger partial charge in [-0.25, -0.2) is 0 Å². The molecule has 3 unspecified atom stereocenters.